The van der Waals surface area contributed by atoms with E-state index in [0.717, 1.165) is 0 Å². The number of rotatable bonds is 3. The van der Waals surface area contributed by atoms with Crippen LogP contribution in [-0.4, -0.2) is 11.6 Å². The van der Waals surface area contributed by atoms with Crippen molar-refractivity contribution in [3.8, 4) is 0 Å². The van der Waals surface area contributed by atoms with Gasteiger partial charge >= 0.3 is 0 Å². The van der Waals surface area contributed by atoms with Crippen LogP contribution in [0.15, 0.2) is 24.3 Å². The highest BCUT2D eigenvalue weighted by Crippen LogP contribution is 2.21. The lowest BCUT2D eigenvalue weighted by atomic mass is 9.87. The molecule has 1 rings (SSSR count). The second kappa shape index (κ2) is 3.48. The minimum Gasteiger partial charge on any atom is -0.299 e. The molecule has 0 saturated carbocycles. The monoisotopic (exact) mass is 164 g/mol. The SMILES string of the molecule is CC(=O)C(C(C)=O)C1C=CC=C1. The topological polar surface area (TPSA) is 34.1 Å². The van der Waals surface area contributed by atoms with Crippen LogP contribution in [0.4, 0.5) is 0 Å². The highest BCUT2D eigenvalue weighted by atomic mass is 16.1. The molecular formula is C10H12O2. The van der Waals surface area contributed by atoms with Crippen LogP contribution >= 0.6 is 0 Å². The molecule has 0 atom stereocenters. The highest BCUT2D eigenvalue weighted by molar-refractivity contribution is 6.01. The van der Waals surface area contributed by atoms with E-state index < -0.39 is 5.92 Å². The van der Waals surface area contributed by atoms with Gasteiger partial charge in [0.15, 0.2) is 0 Å². The molecule has 0 saturated heterocycles. The van der Waals surface area contributed by atoms with Crippen molar-refractivity contribution >= 4 is 11.6 Å². The summed E-state index contributed by atoms with van der Waals surface area (Å²) >= 11 is 0. The number of Topliss-reactive ketones (excluding diaryl/α,β-unsaturated/α-hetero) is 2. The summed E-state index contributed by atoms with van der Waals surface area (Å²) in [5.41, 5.74) is 0. The Kier molecular flexibility index (Phi) is 2.58. The number of hydrogen-bond acceptors (Lipinski definition) is 2. The number of allylic oxidation sites excluding steroid dienone is 4. The van der Waals surface area contributed by atoms with Gasteiger partial charge in [0, 0.05) is 5.92 Å². The van der Waals surface area contributed by atoms with Gasteiger partial charge in [0.05, 0.1) is 5.92 Å². The van der Waals surface area contributed by atoms with Crippen LogP contribution in [0.5, 0.6) is 0 Å². The lowest BCUT2D eigenvalue weighted by Gasteiger charge is -2.13. The molecule has 0 aromatic heterocycles. The van der Waals surface area contributed by atoms with E-state index in [9.17, 15) is 9.59 Å². The smallest absolute Gasteiger partial charge is 0.141 e. The molecular weight excluding hydrogens is 152 g/mol. The van der Waals surface area contributed by atoms with Gasteiger partial charge in [-0.1, -0.05) is 24.3 Å². The molecule has 0 aliphatic heterocycles. The standard InChI is InChI=1S/C10H12O2/c1-7(11)10(8(2)12)9-5-3-4-6-9/h3-6,9-10H,1-2H3. The van der Waals surface area contributed by atoms with Crippen LogP contribution in [0.2, 0.25) is 0 Å². The summed E-state index contributed by atoms with van der Waals surface area (Å²) in [6.07, 6.45) is 7.49. The zero-order valence-corrected chi connectivity index (χ0v) is 7.28. The summed E-state index contributed by atoms with van der Waals surface area (Å²) in [6, 6.07) is 0. The van der Waals surface area contributed by atoms with Gasteiger partial charge in [-0.15, -0.1) is 0 Å². The third kappa shape index (κ3) is 1.70. The molecule has 0 heterocycles. The van der Waals surface area contributed by atoms with E-state index in [1.54, 1.807) is 0 Å². The van der Waals surface area contributed by atoms with Gasteiger partial charge in [0.25, 0.3) is 0 Å². The van der Waals surface area contributed by atoms with Crippen LogP contribution in [0.25, 0.3) is 0 Å². The maximum absolute atomic E-state index is 11.1. The molecule has 0 aromatic carbocycles. The number of carbonyl (C=O) groups excluding carboxylic acids is 2. The van der Waals surface area contributed by atoms with Crippen molar-refractivity contribution in [2.45, 2.75) is 13.8 Å². The van der Waals surface area contributed by atoms with Crippen LogP contribution in [0, 0.1) is 11.8 Å². The molecule has 1 aliphatic rings. The Morgan fingerprint density at radius 1 is 1.08 bits per heavy atom. The first-order chi connectivity index (χ1) is 5.63. The molecule has 2 nitrogen and oxygen atoms in total. The Balaban J connectivity index is 2.79. The van der Waals surface area contributed by atoms with E-state index in [4.69, 9.17) is 0 Å². The molecule has 0 aromatic rings. The Hall–Kier alpha value is -1.18. The van der Waals surface area contributed by atoms with Crippen molar-refractivity contribution in [3.63, 3.8) is 0 Å². The third-order valence-electron chi connectivity index (χ3n) is 2.04. The third-order valence-corrected chi connectivity index (χ3v) is 2.04. The minimum absolute atomic E-state index is 0.0139. The molecule has 12 heavy (non-hydrogen) atoms. The summed E-state index contributed by atoms with van der Waals surface area (Å²) in [7, 11) is 0. The molecule has 1 aliphatic carbocycles. The first kappa shape index (κ1) is 8.91. The maximum Gasteiger partial charge on any atom is 0.141 e. The van der Waals surface area contributed by atoms with Crippen molar-refractivity contribution in [2.75, 3.05) is 0 Å². The summed E-state index contributed by atoms with van der Waals surface area (Å²) < 4.78 is 0. The highest BCUT2D eigenvalue weighted by Gasteiger charge is 2.26. The molecule has 0 unspecified atom stereocenters. The summed E-state index contributed by atoms with van der Waals surface area (Å²) in [6.45, 7) is 2.93. The van der Waals surface area contributed by atoms with Gasteiger partial charge in [-0.05, 0) is 13.8 Å². The van der Waals surface area contributed by atoms with E-state index in [2.05, 4.69) is 0 Å². The quantitative estimate of drug-likeness (QED) is 0.593. The average molecular weight is 164 g/mol. The molecule has 0 fully saturated rings. The average Bonchev–Trinajstić information content (AvgIpc) is 2.37. The zero-order chi connectivity index (χ0) is 9.14. The van der Waals surface area contributed by atoms with Crippen LogP contribution in [-0.2, 0) is 9.59 Å². The molecule has 0 amide bonds. The summed E-state index contributed by atoms with van der Waals surface area (Å²) in [5.74, 6) is -0.590. The fourth-order valence-electron chi connectivity index (χ4n) is 1.50. The Morgan fingerprint density at radius 2 is 1.50 bits per heavy atom. The number of carbonyl (C=O) groups is 2. The molecule has 2 heteroatoms. The first-order valence-corrected chi connectivity index (χ1v) is 3.99. The van der Waals surface area contributed by atoms with E-state index in [1.165, 1.54) is 13.8 Å². The fraction of sp³-hybridized carbons (Fsp3) is 0.400. The van der Waals surface area contributed by atoms with Crippen molar-refractivity contribution in [1.29, 1.82) is 0 Å². The summed E-state index contributed by atoms with van der Waals surface area (Å²) in [5, 5.41) is 0. The van der Waals surface area contributed by atoms with Gasteiger partial charge in [-0.3, -0.25) is 9.59 Å². The van der Waals surface area contributed by atoms with Gasteiger partial charge in [-0.25, -0.2) is 0 Å². The molecule has 0 spiro atoms. The van der Waals surface area contributed by atoms with Crippen LogP contribution in [0.1, 0.15) is 13.8 Å². The summed E-state index contributed by atoms with van der Waals surface area (Å²) in [4.78, 5) is 22.2. The Labute approximate surface area is 72.0 Å². The lowest BCUT2D eigenvalue weighted by Crippen LogP contribution is -2.25. The largest absolute Gasteiger partial charge is 0.299 e. The molecule has 0 N–H and O–H groups in total. The second-order valence-corrected chi connectivity index (χ2v) is 3.05. The fourth-order valence-corrected chi connectivity index (χ4v) is 1.50. The minimum atomic E-state index is -0.472. The van der Waals surface area contributed by atoms with Gasteiger partial charge in [-0.2, -0.15) is 0 Å². The van der Waals surface area contributed by atoms with Gasteiger partial charge in [0.2, 0.25) is 0 Å². The van der Waals surface area contributed by atoms with Crippen LogP contribution < -0.4 is 0 Å². The van der Waals surface area contributed by atoms with Crippen molar-refractivity contribution in [3.05, 3.63) is 24.3 Å². The molecule has 64 valence electrons. The Morgan fingerprint density at radius 3 is 1.83 bits per heavy atom. The lowest BCUT2D eigenvalue weighted by molar-refractivity contribution is -0.131. The maximum atomic E-state index is 11.1. The van der Waals surface area contributed by atoms with E-state index in [-0.39, 0.29) is 17.5 Å². The van der Waals surface area contributed by atoms with Gasteiger partial charge < -0.3 is 0 Å². The van der Waals surface area contributed by atoms with Crippen molar-refractivity contribution in [1.82, 2.24) is 0 Å². The predicted octanol–water partition coefficient (Wildman–Crippen LogP) is 1.52. The first-order valence-electron chi connectivity index (χ1n) is 3.99. The number of ketones is 2. The molecule has 0 radical (unpaired) electrons. The van der Waals surface area contributed by atoms with Crippen molar-refractivity contribution < 1.29 is 9.59 Å². The molecule has 0 bridgehead atoms. The van der Waals surface area contributed by atoms with E-state index in [1.807, 2.05) is 24.3 Å². The Bertz CT molecular complexity index is 235. The van der Waals surface area contributed by atoms with E-state index in [0.29, 0.717) is 0 Å². The predicted molar refractivity (Wildman–Crippen MR) is 46.6 cm³/mol. The zero-order valence-electron chi connectivity index (χ0n) is 7.28. The van der Waals surface area contributed by atoms with Crippen molar-refractivity contribution in [2.24, 2.45) is 11.8 Å². The van der Waals surface area contributed by atoms with E-state index >= 15 is 0 Å². The van der Waals surface area contributed by atoms with Gasteiger partial charge in [0.1, 0.15) is 11.6 Å². The second-order valence-electron chi connectivity index (χ2n) is 3.05. The normalized spacial score (nSPS) is 15.9. The number of hydrogen-bond donors (Lipinski definition) is 0. The van der Waals surface area contributed by atoms with Crippen LogP contribution in [0.3, 0.4) is 0 Å².